The van der Waals surface area contributed by atoms with Gasteiger partial charge in [0.2, 0.25) is 0 Å². The maximum atomic E-state index is 11.5. The molecule has 0 rings (SSSR count). The number of unbranched alkanes of at least 4 members (excludes halogenated alkanes) is 12. The van der Waals surface area contributed by atoms with Crippen molar-refractivity contribution in [1.82, 2.24) is 0 Å². The van der Waals surface area contributed by atoms with E-state index in [-0.39, 0.29) is 32.4 Å². The highest BCUT2D eigenvalue weighted by atomic mass is 32.3. The van der Waals surface area contributed by atoms with Crippen LogP contribution >= 0.6 is 0 Å². The fourth-order valence-electron chi connectivity index (χ4n) is 2.87. The summed E-state index contributed by atoms with van der Waals surface area (Å²) in [6.07, 6.45) is 16.9. The van der Waals surface area contributed by atoms with Crippen LogP contribution in [0.1, 0.15) is 96.8 Å². The molecule has 168 valence electrons. The van der Waals surface area contributed by atoms with Crippen LogP contribution in [0.5, 0.6) is 0 Å². The largest absolute Gasteiger partial charge is 0.463 e. The van der Waals surface area contributed by atoms with E-state index in [0.29, 0.717) is 6.42 Å². The first kappa shape index (κ1) is 27.3. The van der Waals surface area contributed by atoms with Gasteiger partial charge in [0.05, 0.1) is 19.8 Å². The molecule has 0 aromatic heterocycles. The molecule has 0 aromatic rings. The third-order valence-electron chi connectivity index (χ3n) is 4.44. The Bertz CT molecular complexity index is 451. The third kappa shape index (κ3) is 23.3. The molecule has 0 radical (unpaired) electrons. The minimum Gasteiger partial charge on any atom is -0.463 e. The number of carbonyl (C=O) groups is 1. The molecule has 0 aromatic carbocycles. The van der Waals surface area contributed by atoms with Gasteiger partial charge < -0.3 is 9.47 Å². The molecule has 0 saturated heterocycles. The lowest BCUT2D eigenvalue weighted by Crippen LogP contribution is -2.14. The van der Waals surface area contributed by atoms with Gasteiger partial charge in [-0.3, -0.25) is 9.35 Å². The maximum Gasteiger partial charge on any atom is 0.397 e. The van der Waals surface area contributed by atoms with Crippen molar-refractivity contribution in [3.8, 4) is 0 Å². The zero-order valence-electron chi connectivity index (χ0n) is 17.5. The van der Waals surface area contributed by atoms with Crippen molar-refractivity contribution in [2.45, 2.75) is 96.8 Å². The summed E-state index contributed by atoms with van der Waals surface area (Å²) in [4.78, 5) is 11.5. The minimum atomic E-state index is -4.42. The molecule has 0 aliphatic heterocycles. The Hall–Kier alpha value is -0.700. The molecule has 0 bridgehead atoms. The molecule has 0 heterocycles. The third-order valence-corrected chi connectivity index (χ3v) is 4.90. The number of ether oxygens (including phenoxy) is 2. The molecule has 0 aliphatic carbocycles. The lowest BCUT2D eigenvalue weighted by Gasteiger charge is -2.06. The van der Waals surface area contributed by atoms with Gasteiger partial charge in [0.25, 0.3) is 0 Å². The van der Waals surface area contributed by atoms with Crippen LogP contribution in [0.15, 0.2) is 0 Å². The van der Waals surface area contributed by atoms with Gasteiger partial charge in [-0.1, -0.05) is 84.0 Å². The summed E-state index contributed by atoms with van der Waals surface area (Å²) in [7, 11) is -4.42. The van der Waals surface area contributed by atoms with Crippen LogP contribution in [0.3, 0.4) is 0 Å². The van der Waals surface area contributed by atoms with Gasteiger partial charge in [0.1, 0.15) is 6.61 Å². The Morgan fingerprint density at radius 3 is 1.68 bits per heavy atom. The topological polar surface area (TPSA) is 99.1 Å². The summed E-state index contributed by atoms with van der Waals surface area (Å²) >= 11 is 0. The molecule has 0 atom stereocenters. The quantitative estimate of drug-likeness (QED) is 0.160. The van der Waals surface area contributed by atoms with Crippen molar-refractivity contribution in [2.24, 2.45) is 0 Å². The summed E-state index contributed by atoms with van der Waals surface area (Å²) in [5, 5.41) is 0. The summed E-state index contributed by atoms with van der Waals surface area (Å²) in [5.74, 6) is -0.235. The van der Waals surface area contributed by atoms with Crippen LogP contribution in [0, 0.1) is 0 Å². The van der Waals surface area contributed by atoms with Crippen LogP contribution in [-0.4, -0.2) is 45.4 Å². The predicted molar refractivity (Wildman–Crippen MR) is 110 cm³/mol. The van der Waals surface area contributed by atoms with E-state index in [0.717, 1.165) is 12.8 Å². The van der Waals surface area contributed by atoms with E-state index in [1.807, 2.05) is 0 Å². The van der Waals surface area contributed by atoms with Gasteiger partial charge in [-0.15, -0.1) is 0 Å². The number of hydrogen-bond acceptors (Lipinski definition) is 6. The second-order valence-electron chi connectivity index (χ2n) is 7.08. The summed E-state index contributed by atoms with van der Waals surface area (Å²) in [6, 6.07) is 0. The maximum absolute atomic E-state index is 11.5. The highest BCUT2D eigenvalue weighted by molar-refractivity contribution is 7.80. The van der Waals surface area contributed by atoms with E-state index >= 15 is 0 Å². The van der Waals surface area contributed by atoms with E-state index < -0.39 is 10.4 Å². The van der Waals surface area contributed by atoms with Crippen molar-refractivity contribution < 1.29 is 31.4 Å². The van der Waals surface area contributed by atoms with E-state index in [2.05, 4.69) is 11.1 Å². The van der Waals surface area contributed by atoms with E-state index in [1.165, 1.54) is 70.6 Å². The van der Waals surface area contributed by atoms with Gasteiger partial charge in [-0.05, 0) is 6.42 Å². The smallest absolute Gasteiger partial charge is 0.397 e. The van der Waals surface area contributed by atoms with Crippen LogP contribution in [0.2, 0.25) is 0 Å². The fourth-order valence-corrected chi connectivity index (χ4v) is 3.15. The first-order valence-corrected chi connectivity index (χ1v) is 12.2. The molecular weight excluding hydrogens is 384 g/mol. The second kappa shape index (κ2) is 19.6. The Balaban J connectivity index is 3.21. The van der Waals surface area contributed by atoms with Gasteiger partial charge in [-0.25, -0.2) is 4.18 Å². The first-order valence-electron chi connectivity index (χ1n) is 10.8. The fraction of sp³-hybridized carbons (Fsp3) is 0.950. The zero-order valence-corrected chi connectivity index (χ0v) is 18.3. The van der Waals surface area contributed by atoms with Crippen molar-refractivity contribution in [3.63, 3.8) is 0 Å². The minimum absolute atomic E-state index is 0.00377. The van der Waals surface area contributed by atoms with E-state index in [9.17, 15) is 13.2 Å². The normalized spacial score (nSPS) is 11.6. The molecule has 0 saturated carbocycles. The van der Waals surface area contributed by atoms with E-state index in [1.54, 1.807) is 0 Å². The molecule has 7 nitrogen and oxygen atoms in total. The summed E-state index contributed by atoms with van der Waals surface area (Å²) in [5.41, 5.74) is 0. The molecule has 28 heavy (non-hydrogen) atoms. The zero-order chi connectivity index (χ0) is 20.9. The van der Waals surface area contributed by atoms with Crippen LogP contribution < -0.4 is 0 Å². The predicted octanol–water partition coefficient (Wildman–Crippen LogP) is 4.85. The average molecular weight is 425 g/mol. The van der Waals surface area contributed by atoms with Gasteiger partial charge >= 0.3 is 16.4 Å². The molecule has 0 fully saturated rings. The highest BCUT2D eigenvalue weighted by Crippen LogP contribution is 2.13. The van der Waals surface area contributed by atoms with Gasteiger partial charge in [0.15, 0.2) is 0 Å². The van der Waals surface area contributed by atoms with Crippen LogP contribution in [-0.2, 0) is 28.9 Å². The average Bonchev–Trinajstić information content (AvgIpc) is 2.64. The highest BCUT2D eigenvalue weighted by Gasteiger charge is 2.04. The van der Waals surface area contributed by atoms with Crippen molar-refractivity contribution in [2.75, 3.05) is 26.4 Å². The van der Waals surface area contributed by atoms with Crippen LogP contribution in [0.4, 0.5) is 0 Å². The standard InChI is InChI=1S/C20H40O7S/c1-2-3-4-5-6-7-8-9-10-11-12-13-14-15-20(21)26-18-16-25-17-19-27-28(22,23)24/h2-19H2,1H3,(H,22,23,24). The lowest BCUT2D eigenvalue weighted by molar-refractivity contribution is -0.145. The van der Waals surface area contributed by atoms with Crippen molar-refractivity contribution >= 4 is 16.4 Å². The molecule has 0 spiro atoms. The SMILES string of the molecule is CCCCCCCCCCCCCCCC(=O)OCCOCCOS(=O)(=O)O. The monoisotopic (exact) mass is 424 g/mol. The molecular formula is C20H40O7S. The number of hydrogen-bond donors (Lipinski definition) is 1. The molecule has 8 heteroatoms. The van der Waals surface area contributed by atoms with Gasteiger partial charge in [0, 0.05) is 6.42 Å². The number of carbonyl (C=O) groups excluding carboxylic acids is 1. The number of esters is 1. The molecule has 0 unspecified atom stereocenters. The van der Waals surface area contributed by atoms with Crippen molar-refractivity contribution in [1.29, 1.82) is 0 Å². The molecule has 0 amide bonds. The Labute approximate surface area is 171 Å². The van der Waals surface area contributed by atoms with Crippen LogP contribution in [0.25, 0.3) is 0 Å². The summed E-state index contributed by atoms with van der Waals surface area (Å²) in [6.45, 7) is 2.27. The Morgan fingerprint density at radius 1 is 0.714 bits per heavy atom. The van der Waals surface area contributed by atoms with Gasteiger partial charge in [-0.2, -0.15) is 8.42 Å². The summed E-state index contributed by atoms with van der Waals surface area (Å²) < 4.78 is 43.0. The lowest BCUT2D eigenvalue weighted by atomic mass is 10.0. The molecule has 1 N–H and O–H groups in total. The number of rotatable bonds is 21. The second-order valence-corrected chi connectivity index (χ2v) is 8.17. The molecule has 0 aliphatic rings. The Kier molecular flexibility index (Phi) is 19.1. The van der Waals surface area contributed by atoms with Crippen molar-refractivity contribution in [3.05, 3.63) is 0 Å². The Morgan fingerprint density at radius 2 is 1.18 bits per heavy atom. The van der Waals surface area contributed by atoms with E-state index in [4.69, 9.17) is 14.0 Å². The first-order chi connectivity index (χ1) is 13.5.